The summed E-state index contributed by atoms with van der Waals surface area (Å²) in [5, 5.41) is 11.5. The minimum Gasteiger partial charge on any atom is -0.204 e. The smallest absolute Gasteiger partial charge is 0.204 e. The largest absolute Gasteiger partial charge is 0.412 e. The number of diazo groups is 1. The van der Waals surface area contributed by atoms with Crippen molar-refractivity contribution in [3.05, 3.63) is 29.2 Å². The van der Waals surface area contributed by atoms with Crippen LogP contribution in [0.3, 0.4) is 0 Å². The first-order valence-electron chi connectivity index (χ1n) is 2.70. The second kappa shape index (κ2) is 2.69. The monoisotopic (exact) mass is 133 g/mol. The van der Waals surface area contributed by atoms with E-state index < -0.39 is 0 Å². The van der Waals surface area contributed by atoms with Crippen molar-refractivity contribution in [1.82, 2.24) is 0 Å². The average molecular weight is 133 g/mol. The van der Waals surface area contributed by atoms with E-state index in [1.807, 2.05) is 0 Å². The summed E-state index contributed by atoms with van der Waals surface area (Å²) in [5.41, 5.74) is 7.32. The maximum Gasteiger partial charge on any atom is 0.412 e. The molecule has 0 amide bonds. The Morgan fingerprint density at radius 2 is 2.10 bits per heavy atom. The fraction of sp³-hybridized carbons (Fsp3) is 0. The Hall–Kier alpha value is -1.76. The number of rotatable bonds is 1. The van der Waals surface area contributed by atoms with E-state index in [0.717, 1.165) is 0 Å². The molecule has 0 radical (unpaired) electrons. The number of hydrogen-bond acceptors (Lipinski definition) is 3. The normalized spacial score (nSPS) is 8.30. The number of benzene rings is 1. The molecule has 0 bridgehead atoms. The zero-order valence-corrected chi connectivity index (χ0v) is 5.15. The predicted molar refractivity (Wildman–Crippen MR) is 36.0 cm³/mol. The Kier molecular flexibility index (Phi) is 1.71. The van der Waals surface area contributed by atoms with Gasteiger partial charge in [-0.1, -0.05) is 12.1 Å². The van der Waals surface area contributed by atoms with Crippen molar-refractivity contribution < 1.29 is 0 Å². The fourth-order valence-electron chi connectivity index (χ4n) is 0.643. The molecule has 48 valence electrons. The van der Waals surface area contributed by atoms with E-state index in [0.29, 0.717) is 11.4 Å². The minimum atomic E-state index is 0.317. The summed E-state index contributed by atoms with van der Waals surface area (Å²) in [6.45, 7) is 0. The standard InChI is InChI=1S/C6H5N4/c7-9-5-3-1-2-4-6(5)10-8/h1-4,7H/q+1. The first kappa shape index (κ1) is 6.36. The topological polar surface area (TPSA) is 64.4 Å². The van der Waals surface area contributed by atoms with Gasteiger partial charge in [0, 0.05) is 6.07 Å². The second-order valence-corrected chi connectivity index (χ2v) is 1.70. The van der Waals surface area contributed by atoms with Crippen LogP contribution in [-0.2, 0) is 0 Å². The zero-order valence-electron chi connectivity index (χ0n) is 5.15. The number of para-hydroxylation sites is 1. The van der Waals surface area contributed by atoms with Crippen molar-refractivity contribution in [2.45, 2.75) is 0 Å². The predicted octanol–water partition coefficient (Wildman–Crippen LogP) is 2.83. The summed E-state index contributed by atoms with van der Waals surface area (Å²) in [5.74, 6) is 0. The SMILES string of the molecule is N#[N+]c1ccccc1N=N. The second-order valence-electron chi connectivity index (χ2n) is 1.70. The number of nitrogens with zero attached hydrogens (tertiary/aromatic N) is 3. The molecule has 0 unspecified atom stereocenters. The van der Waals surface area contributed by atoms with Gasteiger partial charge in [-0.3, -0.25) is 0 Å². The third-order valence-corrected chi connectivity index (χ3v) is 1.11. The summed E-state index contributed by atoms with van der Waals surface area (Å²) in [6.07, 6.45) is 0. The number of hydrogen-bond donors (Lipinski definition) is 1. The van der Waals surface area contributed by atoms with Crippen LogP contribution in [0.4, 0.5) is 11.4 Å². The van der Waals surface area contributed by atoms with Gasteiger partial charge in [-0.25, -0.2) is 5.53 Å². The zero-order chi connectivity index (χ0) is 7.40. The van der Waals surface area contributed by atoms with Crippen LogP contribution in [0.1, 0.15) is 0 Å². The molecule has 4 nitrogen and oxygen atoms in total. The molecular formula is C6H5N4+. The van der Waals surface area contributed by atoms with Crippen LogP contribution >= 0.6 is 0 Å². The van der Waals surface area contributed by atoms with E-state index in [9.17, 15) is 0 Å². The molecule has 0 atom stereocenters. The van der Waals surface area contributed by atoms with Gasteiger partial charge in [-0.15, -0.1) is 0 Å². The van der Waals surface area contributed by atoms with E-state index in [1.165, 1.54) is 0 Å². The van der Waals surface area contributed by atoms with Crippen molar-refractivity contribution in [1.29, 1.82) is 10.9 Å². The van der Waals surface area contributed by atoms with Crippen LogP contribution < -0.4 is 0 Å². The van der Waals surface area contributed by atoms with Gasteiger partial charge < -0.3 is 0 Å². The van der Waals surface area contributed by atoms with Crippen LogP contribution in [0, 0.1) is 10.9 Å². The molecule has 0 fully saturated rings. The lowest BCUT2D eigenvalue weighted by Gasteiger charge is -1.80. The van der Waals surface area contributed by atoms with Gasteiger partial charge in [0.05, 0.1) is 0 Å². The lowest BCUT2D eigenvalue weighted by atomic mass is 10.3. The molecular weight excluding hydrogens is 128 g/mol. The molecule has 0 spiro atoms. The van der Waals surface area contributed by atoms with Gasteiger partial charge in [0.2, 0.25) is 5.39 Å². The van der Waals surface area contributed by atoms with E-state index >= 15 is 0 Å². The molecule has 0 aliphatic rings. The van der Waals surface area contributed by atoms with Crippen LogP contribution in [0.2, 0.25) is 0 Å². The summed E-state index contributed by atoms with van der Waals surface area (Å²) < 4.78 is 0. The van der Waals surface area contributed by atoms with E-state index in [2.05, 4.69) is 10.1 Å². The molecule has 4 heteroatoms. The lowest BCUT2D eigenvalue weighted by Crippen LogP contribution is -1.61. The highest BCUT2D eigenvalue weighted by Gasteiger charge is 2.09. The van der Waals surface area contributed by atoms with Crippen LogP contribution in [-0.4, -0.2) is 0 Å². The molecule has 1 aromatic carbocycles. The van der Waals surface area contributed by atoms with Crippen molar-refractivity contribution >= 4 is 11.4 Å². The summed E-state index contributed by atoms with van der Waals surface area (Å²) in [4.78, 5) is 2.93. The molecule has 1 rings (SSSR count). The third kappa shape index (κ3) is 0.977. The van der Waals surface area contributed by atoms with E-state index in [-0.39, 0.29) is 0 Å². The molecule has 0 aromatic heterocycles. The summed E-state index contributed by atoms with van der Waals surface area (Å²) in [7, 11) is 0. The Morgan fingerprint density at radius 1 is 1.40 bits per heavy atom. The molecule has 0 aliphatic carbocycles. The third-order valence-electron chi connectivity index (χ3n) is 1.11. The van der Waals surface area contributed by atoms with Crippen LogP contribution in [0.15, 0.2) is 29.4 Å². The molecule has 0 saturated carbocycles. The van der Waals surface area contributed by atoms with Crippen molar-refractivity contribution in [3.63, 3.8) is 0 Å². The van der Waals surface area contributed by atoms with Gasteiger partial charge >= 0.3 is 5.69 Å². The minimum absolute atomic E-state index is 0.317. The Morgan fingerprint density at radius 3 is 2.60 bits per heavy atom. The van der Waals surface area contributed by atoms with Gasteiger partial charge in [0.15, 0.2) is 10.7 Å². The van der Waals surface area contributed by atoms with Crippen LogP contribution in [0.25, 0.3) is 4.98 Å². The summed E-state index contributed by atoms with van der Waals surface area (Å²) in [6, 6.07) is 6.61. The maximum absolute atomic E-state index is 8.33. The van der Waals surface area contributed by atoms with Gasteiger partial charge in [0.1, 0.15) is 0 Å². The van der Waals surface area contributed by atoms with Crippen molar-refractivity contribution in [2.75, 3.05) is 0 Å². The van der Waals surface area contributed by atoms with Gasteiger partial charge in [-0.2, -0.15) is 5.11 Å². The lowest BCUT2D eigenvalue weighted by molar-refractivity contribution is 1.15. The highest BCUT2D eigenvalue weighted by Crippen LogP contribution is 2.26. The fourth-order valence-corrected chi connectivity index (χ4v) is 0.643. The van der Waals surface area contributed by atoms with Gasteiger partial charge in [0.25, 0.3) is 0 Å². The average Bonchev–Trinajstić information content (AvgIpc) is 2.04. The Balaban J connectivity index is 3.24. The van der Waals surface area contributed by atoms with E-state index in [1.54, 1.807) is 24.3 Å². The molecule has 0 aliphatic heterocycles. The van der Waals surface area contributed by atoms with Crippen molar-refractivity contribution in [2.24, 2.45) is 5.11 Å². The van der Waals surface area contributed by atoms with Crippen molar-refractivity contribution in [3.8, 4) is 0 Å². The molecule has 10 heavy (non-hydrogen) atoms. The molecule has 1 aromatic rings. The number of nitrogens with one attached hydrogen (secondary N) is 1. The first-order valence-corrected chi connectivity index (χ1v) is 2.70. The van der Waals surface area contributed by atoms with E-state index in [4.69, 9.17) is 10.9 Å². The van der Waals surface area contributed by atoms with Crippen LogP contribution in [0.5, 0.6) is 0 Å². The van der Waals surface area contributed by atoms with Gasteiger partial charge in [-0.05, 0) is 6.07 Å². The first-order chi connectivity index (χ1) is 4.88. The summed E-state index contributed by atoms with van der Waals surface area (Å²) >= 11 is 0. The highest BCUT2D eigenvalue weighted by atomic mass is 15.0. The molecule has 0 saturated heterocycles. The maximum atomic E-state index is 8.33. The Bertz CT molecular complexity index is 286. The Labute approximate surface area is 57.6 Å². The highest BCUT2D eigenvalue weighted by molar-refractivity contribution is 5.64. The molecule has 0 heterocycles. The quantitative estimate of drug-likeness (QED) is 0.464. The molecule has 1 N–H and O–H groups in total.